The number of carbonyl (C=O) groups is 1. The van der Waals surface area contributed by atoms with Crippen molar-refractivity contribution in [3.05, 3.63) is 59.4 Å². The van der Waals surface area contributed by atoms with Gasteiger partial charge in [0.15, 0.2) is 6.61 Å². The Kier molecular flexibility index (Phi) is 8.41. The molecule has 0 unspecified atom stereocenters. The Morgan fingerprint density at radius 2 is 1.90 bits per heavy atom. The molecular weight excluding hydrogens is 604 g/mol. The molecule has 0 bridgehead atoms. The number of nitrogens with one attached hydrogen (secondary N) is 1. The molecule has 3 rings (SSSR count). The van der Waals surface area contributed by atoms with E-state index < -0.39 is 10.8 Å². The van der Waals surface area contributed by atoms with Crippen LogP contribution < -0.4 is 15.1 Å². The van der Waals surface area contributed by atoms with Gasteiger partial charge in [-0.1, -0.05) is 15.9 Å². The van der Waals surface area contributed by atoms with Gasteiger partial charge in [0.25, 0.3) is 11.6 Å². The van der Waals surface area contributed by atoms with Crippen LogP contribution in [-0.4, -0.2) is 50.0 Å². The number of anilines is 1. The van der Waals surface area contributed by atoms with Gasteiger partial charge in [-0.3, -0.25) is 14.9 Å². The Hall–Kier alpha value is -2.02. The van der Waals surface area contributed by atoms with Crippen LogP contribution in [0.15, 0.2) is 48.9 Å². The minimum absolute atomic E-state index is 0.0574. The quantitative estimate of drug-likeness (QED) is 0.282. The Morgan fingerprint density at radius 1 is 1.23 bits per heavy atom. The van der Waals surface area contributed by atoms with Crippen molar-refractivity contribution < 1.29 is 19.2 Å². The topological polar surface area (TPSA) is 106 Å². The second-order valence-corrected chi connectivity index (χ2v) is 9.00. The fourth-order valence-electron chi connectivity index (χ4n) is 2.86. The van der Waals surface area contributed by atoms with Crippen molar-refractivity contribution in [3.8, 4) is 5.75 Å². The molecule has 1 aliphatic rings. The average molecular weight is 621 g/mol. The number of rotatable bonds is 7. The van der Waals surface area contributed by atoms with Crippen LogP contribution in [0.2, 0.25) is 0 Å². The van der Waals surface area contributed by atoms with E-state index in [4.69, 9.17) is 9.47 Å². The molecule has 9 nitrogen and oxygen atoms in total. The standard InChI is InChI=1S/C19H17Br3N4O5/c20-13-8-15(21)19(16(22)9-13)31-11-18(27)24-23-10-12-7-14(26(28)29)1-2-17(12)25-3-5-30-6-4-25/h1-2,7-10H,3-6,11H2,(H,24,27)/b23-10+. The Labute approximate surface area is 203 Å². The van der Waals surface area contributed by atoms with Crippen LogP contribution in [0.25, 0.3) is 0 Å². The Morgan fingerprint density at radius 3 is 2.55 bits per heavy atom. The summed E-state index contributed by atoms with van der Waals surface area (Å²) in [6.45, 7) is 2.21. The maximum absolute atomic E-state index is 12.1. The number of benzene rings is 2. The summed E-state index contributed by atoms with van der Waals surface area (Å²) < 4.78 is 13.1. The van der Waals surface area contributed by atoms with Crippen molar-refractivity contribution in [2.24, 2.45) is 5.10 Å². The average Bonchev–Trinajstić information content (AvgIpc) is 2.73. The van der Waals surface area contributed by atoms with E-state index in [1.54, 1.807) is 18.2 Å². The molecule has 0 saturated carbocycles. The number of nitro benzene ring substituents is 1. The maximum Gasteiger partial charge on any atom is 0.277 e. The van der Waals surface area contributed by atoms with E-state index in [1.807, 2.05) is 0 Å². The van der Waals surface area contributed by atoms with E-state index in [2.05, 4.69) is 63.2 Å². The predicted molar refractivity (Wildman–Crippen MR) is 127 cm³/mol. The van der Waals surface area contributed by atoms with E-state index in [-0.39, 0.29) is 12.3 Å². The lowest BCUT2D eigenvalue weighted by atomic mass is 10.1. The zero-order valence-corrected chi connectivity index (χ0v) is 20.8. The van der Waals surface area contributed by atoms with Crippen LogP contribution in [0, 0.1) is 10.1 Å². The molecule has 1 amide bonds. The minimum atomic E-state index is -0.476. The molecule has 1 fully saturated rings. The summed E-state index contributed by atoms with van der Waals surface area (Å²) in [7, 11) is 0. The summed E-state index contributed by atoms with van der Waals surface area (Å²) >= 11 is 10.1. The largest absolute Gasteiger partial charge is 0.481 e. The van der Waals surface area contributed by atoms with Crippen molar-refractivity contribution in [2.75, 3.05) is 37.8 Å². The first-order valence-electron chi connectivity index (χ1n) is 9.05. The van der Waals surface area contributed by atoms with Gasteiger partial charge >= 0.3 is 0 Å². The van der Waals surface area contributed by atoms with Gasteiger partial charge in [-0.2, -0.15) is 5.10 Å². The van der Waals surface area contributed by atoms with Crippen molar-refractivity contribution >= 4 is 71.3 Å². The highest BCUT2D eigenvalue weighted by molar-refractivity contribution is 9.11. The number of hydrazone groups is 1. The molecule has 0 aliphatic carbocycles. The van der Waals surface area contributed by atoms with Crippen LogP contribution in [0.5, 0.6) is 5.75 Å². The van der Waals surface area contributed by atoms with Crippen LogP contribution in [-0.2, 0) is 9.53 Å². The summed E-state index contributed by atoms with van der Waals surface area (Å²) in [6, 6.07) is 8.14. The van der Waals surface area contributed by atoms with Crippen molar-refractivity contribution in [1.82, 2.24) is 5.43 Å². The lowest BCUT2D eigenvalue weighted by Crippen LogP contribution is -2.36. The highest BCUT2D eigenvalue weighted by Crippen LogP contribution is 2.36. The van der Waals surface area contributed by atoms with Gasteiger partial charge in [0, 0.05) is 40.9 Å². The second-order valence-electron chi connectivity index (χ2n) is 6.38. The number of morpholine rings is 1. The van der Waals surface area contributed by atoms with E-state index in [1.165, 1.54) is 18.3 Å². The van der Waals surface area contributed by atoms with Crippen LogP contribution in [0.1, 0.15) is 5.56 Å². The van der Waals surface area contributed by atoms with Crippen molar-refractivity contribution in [3.63, 3.8) is 0 Å². The minimum Gasteiger partial charge on any atom is -0.481 e. The maximum atomic E-state index is 12.1. The van der Waals surface area contributed by atoms with Crippen LogP contribution >= 0.6 is 47.8 Å². The number of nitrogens with zero attached hydrogens (tertiary/aromatic N) is 3. The van der Waals surface area contributed by atoms with Gasteiger partial charge in [-0.05, 0) is 50.1 Å². The highest BCUT2D eigenvalue weighted by Gasteiger charge is 2.17. The zero-order valence-electron chi connectivity index (χ0n) is 16.0. The van der Waals surface area contributed by atoms with E-state index in [0.717, 1.165) is 10.2 Å². The molecule has 0 aromatic heterocycles. The normalized spacial score (nSPS) is 14.0. The number of nitro groups is 1. The van der Waals surface area contributed by atoms with E-state index in [9.17, 15) is 14.9 Å². The number of carbonyl (C=O) groups excluding carboxylic acids is 1. The summed E-state index contributed by atoms with van der Waals surface area (Å²) in [6.07, 6.45) is 1.39. The Bertz CT molecular complexity index is 989. The number of hydrogen-bond donors (Lipinski definition) is 1. The molecule has 1 aliphatic heterocycles. The molecule has 0 spiro atoms. The summed E-state index contributed by atoms with van der Waals surface area (Å²) in [5.41, 5.74) is 3.63. The fourth-order valence-corrected chi connectivity index (χ4v) is 5.35. The monoisotopic (exact) mass is 618 g/mol. The second kappa shape index (κ2) is 11.0. The zero-order chi connectivity index (χ0) is 22.4. The predicted octanol–water partition coefficient (Wildman–Crippen LogP) is 4.25. The third kappa shape index (κ3) is 6.48. The summed E-state index contributed by atoms with van der Waals surface area (Å²) in [5.74, 6) is 0.00643. The number of non-ortho nitro benzene ring substituents is 1. The molecule has 12 heteroatoms. The smallest absolute Gasteiger partial charge is 0.277 e. The van der Waals surface area contributed by atoms with E-state index >= 15 is 0 Å². The molecule has 0 atom stereocenters. The van der Waals surface area contributed by atoms with Gasteiger partial charge in [0.1, 0.15) is 5.75 Å². The molecular formula is C19H17Br3N4O5. The van der Waals surface area contributed by atoms with Crippen LogP contribution in [0.3, 0.4) is 0 Å². The first-order valence-corrected chi connectivity index (χ1v) is 11.4. The van der Waals surface area contributed by atoms with Crippen molar-refractivity contribution in [1.29, 1.82) is 0 Å². The number of amides is 1. The Balaban J connectivity index is 1.67. The molecule has 0 radical (unpaired) electrons. The number of ether oxygens (including phenoxy) is 2. The van der Waals surface area contributed by atoms with Crippen LogP contribution in [0.4, 0.5) is 11.4 Å². The number of halogens is 3. The van der Waals surface area contributed by atoms with Crippen molar-refractivity contribution in [2.45, 2.75) is 0 Å². The molecule has 2 aromatic rings. The van der Waals surface area contributed by atoms with Gasteiger partial charge < -0.3 is 14.4 Å². The first-order chi connectivity index (χ1) is 14.8. The summed E-state index contributed by atoms with van der Waals surface area (Å²) in [5, 5.41) is 15.1. The fraction of sp³-hybridized carbons (Fsp3) is 0.263. The SMILES string of the molecule is O=C(COc1c(Br)cc(Br)cc1Br)N/N=C/c1cc([N+](=O)[O-])ccc1N1CCOCC1. The molecule has 1 saturated heterocycles. The lowest BCUT2D eigenvalue weighted by Gasteiger charge is -2.29. The third-order valence-corrected chi connectivity index (χ3v) is 5.91. The summed E-state index contributed by atoms with van der Waals surface area (Å²) in [4.78, 5) is 24.9. The van der Waals surface area contributed by atoms with E-state index in [0.29, 0.717) is 46.6 Å². The third-order valence-electron chi connectivity index (χ3n) is 4.28. The van der Waals surface area contributed by atoms with Gasteiger partial charge in [0.2, 0.25) is 0 Å². The van der Waals surface area contributed by atoms with Gasteiger partial charge in [-0.25, -0.2) is 5.43 Å². The van der Waals surface area contributed by atoms with Gasteiger partial charge in [-0.15, -0.1) is 0 Å². The molecule has 1 heterocycles. The number of hydrogen-bond acceptors (Lipinski definition) is 7. The molecule has 2 aromatic carbocycles. The first kappa shape index (κ1) is 23.6. The van der Waals surface area contributed by atoms with Gasteiger partial charge in [0.05, 0.1) is 33.3 Å². The molecule has 164 valence electrons. The highest BCUT2D eigenvalue weighted by atomic mass is 79.9. The molecule has 1 N–H and O–H groups in total. The molecule has 31 heavy (non-hydrogen) atoms. The lowest BCUT2D eigenvalue weighted by molar-refractivity contribution is -0.384.